The van der Waals surface area contributed by atoms with Gasteiger partial charge in [-0.2, -0.15) is 0 Å². The number of carbonyl (C=O) groups is 2. The Balaban J connectivity index is 1.56. The summed E-state index contributed by atoms with van der Waals surface area (Å²) in [6.07, 6.45) is 1.95. The lowest BCUT2D eigenvalue weighted by molar-refractivity contribution is -0.133. The summed E-state index contributed by atoms with van der Waals surface area (Å²) in [5.74, 6) is 0.629. The molecule has 0 saturated heterocycles. The molecule has 2 aromatic carbocycles. The van der Waals surface area contributed by atoms with Crippen LogP contribution in [-0.4, -0.2) is 11.8 Å². The van der Waals surface area contributed by atoms with Gasteiger partial charge in [-0.1, -0.05) is 30.3 Å². The number of Topliss-reactive ketones (excluding diaryl/α,β-unsaturated/α-hetero) is 1. The average Bonchev–Trinajstić information content (AvgIpc) is 3.23. The Bertz CT molecular complexity index is 1090. The van der Waals surface area contributed by atoms with E-state index >= 15 is 0 Å². The van der Waals surface area contributed by atoms with E-state index in [1.54, 1.807) is 36.5 Å². The summed E-state index contributed by atoms with van der Waals surface area (Å²) in [6, 6.07) is 14.7. The molecule has 0 aliphatic carbocycles. The van der Waals surface area contributed by atoms with E-state index in [1.807, 2.05) is 48.7 Å². The predicted molar refractivity (Wildman–Crippen MR) is 109 cm³/mol. The number of rotatable bonds is 4. The van der Waals surface area contributed by atoms with Crippen LogP contribution >= 0.6 is 11.3 Å². The first-order valence-corrected chi connectivity index (χ1v) is 9.77. The Morgan fingerprint density at radius 3 is 2.61 bits per heavy atom. The third-order valence-electron chi connectivity index (χ3n) is 4.62. The molecular formula is C23H18O4S. The maximum Gasteiger partial charge on any atom is 0.315 e. The molecule has 0 saturated carbocycles. The zero-order valence-electron chi connectivity index (χ0n) is 15.5. The third-order valence-corrected chi connectivity index (χ3v) is 5.58. The fourth-order valence-electron chi connectivity index (χ4n) is 3.05. The van der Waals surface area contributed by atoms with Gasteiger partial charge in [0.2, 0.25) is 5.78 Å². The standard InChI is InChI=1S/C23H18O4S/c1-14-10-11-28-20(14)13-19-22(25)17-8-9-18(15(2)23(17)27-19)26-21(24)12-16-6-4-3-5-7-16/h3-11,13H,12H2,1-2H3/b19-13-. The highest BCUT2D eigenvalue weighted by Crippen LogP contribution is 2.39. The summed E-state index contributed by atoms with van der Waals surface area (Å²) < 4.78 is 11.4. The van der Waals surface area contributed by atoms with Crippen LogP contribution in [0.25, 0.3) is 6.08 Å². The highest BCUT2D eigenvalue weighted by atomic mass is 32.1. The van der Waals surface area contributed by atoms with Crippen molar-refractivity contribution in [2.24, 2.45) is 0 Å². The van der Waals surface area contributed by atoms with Crippen molar-refractivity contribution in [2.45, 2.75) is 20.3 Å². The van der Waals surface area contributed by atoms with Crippen LogP contribution < -0.4 is 9.47 Å². The zero-order valence-corrected chi connectivity index (χ0v) is 16.3. The van der Waals surface area contributed by atoms with Crippen molar-refractivity contribution >= 4 is 29.2 Å². The van der Waals surface area contributed by atoms with Crippen molar-refractivity contribution in [3.8, 4) is 11.5 Å². The fourth-order valence-corrected chi connectivity index (χ4v) is 3.90. The van der Waals surface area contributed by atoms with Crippen LogP contribution in [0.15, 0.2) is 59.7 Å². The van der Waals surface area contributed by atoms with Crippen LogP contribution in [0, 0.1) is 13.8 Å². The van der Waals surface area contributed by atoms with E-state index in [-0.39, 0.29) is 23.9 Å². The van der Waals surface area contributed by atoms with Gasteiger partial charge in [0, 0.05) is 16.5 Å². The molecule has 28 heavy (non-hydrogen) atoms. The molecule has 140 valence electrons. The lowest BCUT2D eigenvalue weighted by Crippen LogP contribution is -2.12. The molecule has 2 heterocycles. The average molecular weight is 390 g/mol. The molecule has 3 aromatic rings. The number of ether oxygens (including phenoxy) is 2. The highest BCUT2D eigenvalue weighted by molar-refractivity contribution is 7.11. The van der Waals surface area contributed by atoms with Crippen molar-refractivity contribution in [2.75, 3.05) is 0 Å². The Hall–Kier alpha value is -3.18. The van der Waals surface area contributed by atoms with E-state index in [0.717, 1.165) is 16.0 Å². The molecule has 5 heteroatoms. The largest absolute Gasteiger partial charge is 0.452 e. The third kappa shape index (κ3) is 3.49. The molecule has 4 rings (SSSR count). The lowest BCUT2D eigenvalue weighted by atomic mass is 10.1. The Morgan fingerprint density at radius 2 is 1.89 bits per heavy atom. The molecule has 1 aliphatic rings. The maximum atomic E-state index is 12.7. The van der Waals surface area contributed by atoms with Crippen LogP contribution in [0.3, 0.4) is 0 Å². The normalized spacial score (nSPS) is 14.1. The van der Waals surface area contributed by atoms with Crippen LogP contribution in [-0.2, 0) is 11.2 Å². The van der Waals surface area contributed by atoms with Gasteiger partial charge in [0.25, 0.3) is 0 Å². The second-order valence-corrected chi connectivity index (χ2v) is 7.56. The van der Waals surface area contributed by atoms with Crippen LogP contribution in [0.2, 0.25) is 0 Å². The summed E-state index contributed by atoms with van der Waals surface area (Å²) in [6.45, 7) is 3.78. The number of hydrogen-bond acceptors (Lipinski definition) is 5. The number of hydrogen-bond donors (Lipinski definition) is 0. The van der Waals surface area contributed by atoms with E-state index in [0.29, 0.717) is 22.6 Å². The Morgan fingerprint density at radius 1 is 1.11 bits per heavy atom. The first-order valence-electron chi connectivity index (χ1n) is 8.89. The Kier molecular flexibility index (Phi) is 4.84. The molecule has 0 unspecified atom stereocenters. The number of esters is 1. The molecule has 0 amide bonds. The van der Waals surface area contributed by atoms with Crippen molar-refractivity contribution in [3.63, 3.8) is 0 Å². The number of aryl methyl sites for hydroxylation is 1. The van der Waals surface area contributed by atoms with Gasteiger partial charge in [-0.05, 0) is 48.6 Å². The first-order chi connectivity index (χ1) is 13.5. The van der Waals surface area contributed by atoms with Crippen molar-refractivity contribution in [1.29, 1.82) is 0 Å². The van der Waals surface area contributed by atoms with Crippen LogP contribution in [0.1, 0.15) is 31.9 Å². The van der Waals surface area contributed by atoms with Crippen LogP contribution in [0.4, 0.5) is 0 Å². The topological polar surface area (TPSA) is 52.6 Å². The fraction of sp³-hybridized carbons (Fsp3) is 0.130. The number of carbonyl (C=O) groups excluding carboxylic acids is 2. The van der Waals surface area contributed by atoms with E-state index in [9.17, 15) is 9.59 Å². The molecule has 1 aliphatic heterocycles. The van der Waals surface area contributed by atoms with Gasteiger partial charge in [-0.3, -0.25) is 9.59 Å². The minimum atomic E-state index is -0.358. The van der Waals surface area contributed by atoms with Gasteiger partial charge >= 0.3 is 5.97 Å². The van der Waals surface area contributed by atoms with Gasteiger partial charge in [0.15, 0.2) is 5.76 Å². The zero-order chi connectivity index (χ0) is 19.7. The molecule has 0 radical (unpaired) electrons. The number of benzene rings is 2. The second kappa shape index (κ2) is 7.44. The molecule has 0 bridgehead atoms. The van der Waals surface area contributed by atoms with Gasteiger partial charge in [-0.15, -0.1) is 11.3 Å². The number of thiophene rings is 1. The summed E-state index contributed by atoms with van der Waals surface area (Å²) in [7, 11) is 0. The van der Waals surface area contributed by atoms with E-state index in [1.165, 1.54) is 0 Å². The molecule has 0 atom stereocenters. The van der Waals surface area contributed by atoms with Crippen molar-refractivity contribution in [3.05, 3.63) is 86.8 Å². The summed E-state index contributed by atoms with van der Waals surface area (Å²) in [4.78, 5) is 25.9. The maximum absolute atomic E-state index is 12.7. The molecule has 0 spiro atoms. The van der Waals surface area contributed by atoms with Crippen molar-refractivity contribution in [1.82, 2.24) is 0 Å². The molecule has 4 nitrogen and oxygen atoms in total. The van der Waals surface area contributed by atoms with Gasteiger partial charge < -0.3 is 9.47 Å². The predicted octanol–water partition coefficient (Wildman–Crippen LogP) is 5.13. The van der Waals surface area contributed by atoms with Crippen molar-refractivity contribution < 1.29 is 19.1 Å². The van der Waals surface area contributed by atoms with Crippen LogP contribution in [0.5, 0.6) is 11.5 Å². The van der Waals surface area contributed by atoms with E-state index in [2.05, 4.69) is 0 Å². The molecular weight excluding hydrogens is 372 g/mol. The Labute approximate surface area is 167 Å². The first kappa shape index (κ1) is 18.2. The number of fused-ring (bicyclic) bond motifs is 1. The van der Waals surface area contributed by atoms with E-state index in [4.69, 9.17) is 9.47 Å². The molecule has 0 N–H and O–H groups in total. The van der Waals surface area contributed by atoms with Gasteiger partial charge in [-0.25, -0.2) is 0 Å². The minimum absolute atomic E-state index is 0.159. The summed E-state index contributed by atoms with van der Waals surface area (Å²) >= 11 is 1.56. The quantitative estimate of drug-likeness (QED) is 0.352. The molecule has 1 aromatic heterocycles. The smallest absolute Gasteiger partial charge is 0.315 e. The van der Waals surface area contributed by atoms with Gasteiger partial charge in [0.05, 0.1) is 12.0 Å². The summed E-state index contributed by atoms with van der Waals surface area (Å²) in [5.41, 5.74) is 3.10. The SMILES string of the molecule is Cc1ccsc1/C=C1\Oc2c(ccc(OC(=O)Cc3ccccc3)c2C)C1=O. The number of allylic oxidation sites excluding steroid dienone is 1. The minimum Gasteiger partial charge on any atom is -0.452 e. The van der Waals surface area contributed by atoms with E-state index < -0.39 is 0 Å². The second-order valence-electron chi connectivity index (χ2n) is 6.61. The molecule has 0 fully saturated rings. The highest BCUT2D eigenvalue weighted by Gasteiger charge is 2.30. The monoisotopic (exact) mass is 390 g/mol. The van der Waals surface area contributed by atoms with Gasteiger partial charge in [0.1, 0.15) is 11.5 Å². The lowest BCUT2D eigenvalue weighted by Gasteiger charge is -2.10. The summed E-state index contributed by atoms with van der Waals surface area (Å²) in [5, 5.41) is 1.98. The number of ketones is 1.